The first-order valence-electron chi connectivity index (χ1n) is 9.79. The molecule has 1 heterocycles. The monoisotopic (exact) mass is 399 g/mol. The summed E-state index contributed by atoms with van der Waals surface area (Å²) in [6.07, 6.45) is 1.97. The van der Waals surface area contributed by atoms with Gasteiger partial charge in [-0.05, 0) is 42.3 Å². The largest absolute Gasteiger partial charge is 0.312 e. The SMILES string of the molecule is Cc1ccc(CC(=O)Nc2c(-c3ccc(F)cc3)ncn2Cc2ccccc2)cc1. The molecular formula is C25H22FN3O. The number of hydrogen-bond acceptors (Lipinski definition) is 2. The van der Waals surface area contributed by atoms with Crippen molar-refractivity contribution in [1.29, 1.82) is 0 Å². The molecule has 0 saturated carbocycles. The minimum absolute atomic E-state index is 0.128. The first-order chi connectivity index (χ1) is 14.6. The third-order valence-electron chi connectivity index (χ3n) is 4.89. The summed E-state index contributed by atoms with van der Waals surface area (Å²) in [6.45, 7) is 2.58. The number of aryl methyl sites for hydroxylation is 1. The minimum atomic E-state index is -0.313. The molecule has 30 heavy (non-hydrogen) atoms. The van der Waals surface area contributed by atoms with Gasteiger partial charge in [-0.3, -0.25) is 4.79 Å². The van der Waals surface area contributed by atoms with Gasteiger partial charge in [0, 0.05) is 5.56 Å². The van der Waals surface area contributed by atoms with Crippen LogP contribution in [0.2, 0.25) is 0 Å². The molecule has 5 heteroatoms. The Bertz CT molecular complexity index is 1130. The molecule has 150 valence electrons. The van der Waals surface area contributed by atoms with E-state index < -0.39 is 0 Å². The molecule has 0 aliphatic carbocycles. The Labute approximate surface area is 175 Å². The van der Waals surface area contributed by atoms with E-state index in [1.54, 1.807) is 18.5 Å². The smallest absolute Gasteiger partial charge is 0.229 e. The average molecular weight is 399 g/mol. The highest BCUT2D eigenvalue weighted by Gasteiger charge is 2.16. The molecule has 0 radical (unpaired) electrons. The van der Waals surface area contributed by atoms with Crippen LogP contribution in [0.15, 0.2) is 85.2 Å². The number of anilines is 1. The molecule has 0 spiro atoms. The number of carbonyl (C=O) groups is 1. The minimum Gasteiger partial charge on any atom is -0.312 e. The second-order valence-electron chi connectivity index (χ2n) is 7.27. The zero-order valence-electron chi connectivity index (χ0n) is 16.7. The molecule has 0 bridgehead atoms. The highest BCUT2D eigenvalue weighted by atomic mass is 19.1. The van der Waals surface area contributed by atoms with Crippen LogP contribution in [0.3, 0.4) is 0 Å². The second-order valence-corrected chi connectivity index (χ2v) is 7.27. The molecule has 1 aromatic heterocycles. The van der Waals surface area contributed by atoms with Gasteiger partial charge in [-0.15, -0.1) is 0 Å². The number of aromatic nitrogens is 2. The van der Waals surface area contributed by atoms with E-state index in [1.165, 1.54) is 12.1 Å². The fourth-order valence-electron chi connectivity index (χ4n) is 3.30. The number of nitrogens with one attached hydrogen (secondary N) is 1. The summed E-state index contributed by atoms with van der Waals surface area (Å²) in [4.78, 5) is 17.3. The van der Waals surface area contributed by atoms with Crippen LogP contribution in [0.4, 0.5) is 10.2 Å². The van der Waals surface area contributed by atoms with E-state index in [0.717, 1.165) is 22.3 Å². The van der Waals surface area contributed by atoms with Gasteiger partial charge in [0.25, 0.3) is 0 Å². The van der Waals surface area contributed by atoms with E-state index in [4.69, 9.17) is 0 Å². The lowest BCUT2D eigenvalue weighted by molar-refractivity contribution is -0.115. The summed E-state index contributed by atoms with van der Waals surface area (Å²) in [6, 6.07) is 24.0. The van der Waals surface area contributed by atoms with Gasteiger partial charge in [0.05, 0.1) is 19.3 Å². The van der Waals surface area contributed by atoms with Gasteiger partial charge < -0.3 is 9.88 Å². The molecule has 0 saturated heterocycles. The van der Waals surface area contributed by atoms with Crippen LogP contribution in [0.1, 0.15) is 16.7 Å². The Kier molecular flexibility index (Phi) is 5.70. The molecule has 1 N–H and O–H groups in total. The molecule has 0 aliphatic heterocycles. The van der Waals surface area contributed by atoms with Crippen molar-refractivity contribution in [2.45, 2.75) is 19.9 Å². The molecule has 3 aromatic carbocycles. The summed E-state index contributed by atoms with van der Waals surface area (Å²) in [5.74, 6) is 0.159. The third kappa shape index (κ3) is 4.63. The molecule has 4 aromatic rings. The predicted octanol–water partition coefficient (Wildman–Crippen LogP) is 5.23. The lowest BCUT2D eigenvalue weighted by Gasteiger charge is -2.12. The summed E-state index contributed by atoms with van der Waals surface area (Å²) >= 11 is 0. The lowest BCUT2D eigenvalue weighted by atomic mass is 10.1. The Balaban J connectivity index is 1.63. The van der Waals surface area contributed by atoms with E-state index in [-0.39, 0.29) is 18.1 Å². The third-order valence-corrected chi connectivity index (χ3v) is 4.89. The summed E-state index contributed by atoms with van der Waals surface area (Å²) in [5, 5.41) is 3.02. The summed E-state index contributed by atoms with van der Waals surface area (Å²) in [7, 11) is 0. The van der Waals surface area contributed by atoms with Crippen molar-refractivity contribution in [3.05, 3.63) is 108 Å². The van der Waals surface area contributed by atoms with Gasteiger partial charge in [0.1, 0.15) is 17.3 Å². The first-order valence-corrected chi connectivity index (χ1v) is 9.79. The van der Waals surface area contributed by atoms with Gasteiger partial charge in [-0.2, -0.15) is 0 Å². The number of halogens is 1. The van der Waals surface area contributed by atoms with Gasteiger partial charge in [-0.1, -0.05) is 60.2 Å². The molecule has 0 atom stereocenters. The van der Waals surface area contributed by atoms with Gasteiger partial charge in [0.15, 0.2) is 0 Å². The highest BCUT2D eigenvalue weighted by Crippen LogP contribution is 2.28. The summed E-state index contributed by atoms with van der Waals surface area (Å²) in [5.41, 5.74) is 4.54. The van der Waals surface area contributed by atoms with E-state index in [2.05, 4.69) is 10.3 Å². The van der Waals surface area contributed by atoms with Crippen molar-refractivity contribution >= 4 is 11.7 Å². The maximum atomic E-state index is 13.4. The molecule has 4 nitrogen and oxygen atoms in total. The Morgan fingerprint density at radius 2 is 1.63 bits per heavy atom. The molecule has 0 aliphatic rings. The second kappa shape index (κ2) is 8.74. The zero-order chi connectivity index (χ0) is 20.9. The maximum Gasteiger partial charge on any atom is 0.229 e. The zero-order valence-corrected chi connectivity index (χ0v) is 16.7. The van der Waals surface area contributed by atoms with Crippen LogP contribution in [0.5, 0.6) is 0 Å². The van der Waals surface area contributed by atoms with E-state index in [1.807, 2.05) is 66.1 Å². The fraction of sp³-hybridized carbons (Fsp3) is 0.120. The fourth-order valence-corrected chi connectivity index (χ4v) is 3.30. The number of amides is 1. The van der Waals surface area contributed by atoms with Crippen LogP contribution in [-0.2, 0) is 17.8 Å². The van der Waals surface area contributed by atoms with Gasteiger partial charge in [-0.25, -0.2) is 9.37 Å². The van der Waals surface area contributed by atoms with E-state index >= 15 is 0 Å². The molecule has 0 unspecified atom stereocenters. The Morgan fingerprint density at radius 3 is 2.33 bits per heavy atom. The van der Waals surface area contributed by atoms with Gasteiger partial charge >= 0.3 is 0 Å². The number of rotatable bonds is 6. The van der Waals surface area contributed by atoms with Crippen molar-refractivity contribution in [2.75, 3.05) is 5.32 Å². The van der Waals surface area contributed by atoms with Crippen molar-refractivity contribution in [3.8, 4) is 11.3 Å². The topological polar surface area (TPSA) is 46.9 Å². The number of nitrogens with zero attached hydrogens (tertiary/aromatic N) is 2. The maximum absolute atomic E-state index is 13.4. The van der Waals surface area contributed by atoms with Crippen LogP contribution in [0, 0.1) is 12.7 Å². The Hall–Kier alpha value is -3.73. The van der Waals surface area contributed by atoms with Crippen molar-refractivity contribution in [3.63, 3.8) is 0 Å². The van der Waals surface area contributed by atoms with Crippen molar-refractivity contribution in [2.24, 2.45) is 0 Å². The highest BCUT2D eigenvalue weighted by molar-refractivity contribution is 5.94. The first kappa shape index (κ1) is 19.6. The average Bonchev–Trinajstić information content (AvgIpc) is 3.13. The number of benzene rings is 3. The molecule has 1 amide bonds. The normalized spacial score (nSPS) is 10.7. The quantitative estimate of drug-likeness (QED) is 0.483. The molecule has 0 fully saturated rings. The van der Waals surface area contributed by atoms with Crippen LogP contribution < -0.4 is 5.32 Å². The van der Waals surface area contributed by atoms with Crippen LogP contribution in [-0.4, -0.2) is 15.5 Å². The van der Waals surface area contributed by atoms with Crippen molar-refractivity contribution in [1.82, 2.24) is 9.55 Å². The number of imidazole rings is 1. The van der Waals surface area contributed by atoms with Crippen LogP contribution >= 0.6 is 0 Å². The number of carbonyl (C=O) groups excluding carboxylic acids is 1. The summed E-state index contributed by atoms with van der Waals surface area (Å²) < 4.78 is 15.3. The van der Waals surface area contributed by atoms with Crippen LogP contribution in [0.25, 0.3) is 11.3 Å². The number of hydrogen-bond donors (Lipinski definition) is 1. The Morgan fingerprint density at radius 1 is 0.933 bits per heavy atom. The van der Waals surface area contributed by atoms with E-state index in [9.17, 15) is 9.18 Å². The van der Waals surface area contributed by atoms with Gasteiger partial charge in [0.2, 0.25) is 5.91 Å². The molecule has 4 rings (SSSR count). The predicted molar refractivity (Wildman–Crippen MR) is 117 cm³/mol. The standard InChI is InChI=1S/C25H22FN3O/c1-18-7-9-19(10-8-18)15-23(30)28-25-24(21-11-13-22(26)14-12-21)27-17-29(25)16-20-5-3-2-4-6-20/h2-14,17H,15-16H2,1H3,(H,28,30). The lowest BCUT2D eigenvalue weighted by Crippen LogP contribution is -2.18. The molecular weight excluding hydrogens is 377 g/mol. The van der Waals surface area contributed by atoms with E-state index in [0.29, 0.717) is 18.1 Å². The van der Waals surface area contributed by atoms with Crippen molar-refractivity contribution < 1.29 is 9.18 Å².